The number of nitrogens with one attached hydrogen (secondary N) is 1. The zero-order valence-corrected chi connectivity index (χ0v) is 12.5. The van der Waals surface area contributed by atoms with Crippen molar-refractivity contribution in [3.63, 3.8) is 0 Å². The molecule has 2 aromatic rings. The van der Waals surface area contributed by atoms with Gasteiger partial charge >= 0.3 is 0 Å². The number of nitrogens with zero attached hydrogens (tertiary/aromatic N) is 2. The fourth-order valence-electron chi connectivity index (χ4n) is 2.93. The molecule has 5 nitrogen and oxygen atoms in total. The monoisotopic (exact) mass is 299 g/mol. The van der Waals surface area contributed by atoms with E-state index in [9.17, 15) is 9.90 Å². The van der Waals surface area contributed by atoms with Crippen molar-refractivity contribution in [2.24, 2.45) is 5.92 Å². The van der Waals surface area contributed by atoms with Crippen molar-refractivity contribution >= 4 is 5.91 Å². The van der Waals surface area contributed by atoms with Crippen LogP contribution in [-0.4, -0.2) is 33.2 Å². The molecule has 1 heterocycles. The number of hydrogen-bond acceptors (Lipinski definition) is 3. The van der Waals surface area contributed by atoms with E-state index >= 15 is 0 Å². The molecule has 1 aromatic carbocycles. The van der Waals surface area contributed by atoms with Gasteiger partial charge in [-0.15, -0.1) is 0 Å². The topological polar surface area (TPSA) is 67.2 Å². The minimum absolute atomic E-state index is 0.0757. The van der Waals surface area contributed by atoms with Crippen LogP contribution in [0.1, 0.15) is 35.2 Å². The number of benzene rings is 1. The van der Waals surface area contributed by atoms with E-state index in [1.165, 1.54) is 0 Å². The summed E-state index contributed by atoms with van der Waals surface area (Å²) >= 11 is 0. The van der Waals surface area contributed by atoms with Gasteiger partial charge in [-0.2, -0.15) is 0 Å². The molecule has 116 valence electrons. The highest BCUT2D eigenvalue weighted by molar-refractivity contribution is 5.94. The number of aliphatic hydroxyl groups excluding tert-OH is 1. The highest BCUT2D eigenvalue weighted by atomic mass is 16.3. The molecule has 0 aliphatic heterocycles. The van der Waals surface area contributed by atoms with Gasteiger partial charge < -0.3 is 15.0 Å². The average Bonchev–Trinajstić information content (AvgIpc) is 3.17. The maximum atomic E-state index is 12.1. The summed E-state index contributed by atoms with van der Waals surface area (Å²) < 4.78 is 1.98. The van der Waals surface area contributed by atoms with E-state index in [2.05, 4.69) is 10.3 Å². The molecule has 3 rings (SSSR count). The summed E-state index contributed by atoms with van der Waals surface area (Å²) in [7, 11) is 0. The molecule has 1 amide bonds. The van der Waals surface area contributed by atoms with Crippen molar-refractivity contribution in [3.8, 4) is 0 Å². The zero-order chi connectivity index (χ0) is 15.4. The van der Waals surface area contributed by atoms with Gasteiger partial charge in [-0.25, -0.2) is 4.98 Å². The van der Waals surface area contributed by atoms with Gasteiger partial charge in [0, 0.05) is 37.0 Å². The molecule has 1 saturated carbocycles. The van der Waals surface area contributed by atoms with Crippen LogP contribution >= 0.6 is 0 Å². The van der Waals surface area contributed by atoms with Crippen LogP contribution in [-0.2, 0) is 6.54 Å². The first kappa shape index (κ1) is 14.8. The van der Waals surface area contributed by atoms with Crippen LogP contribution in [0.25, 0.3) is 0 Å². The maximum absolute atomic E-state index is 12.1. The Hall–Kier alpha value is -2.14. The highest BCUT2D eigenvalue weighted by Gasteiger charge is 2.25. The SMILES string of the molecule is O=C(NCC1CCCC1O)c1ccc(Cn2ccnc2)cc1. The Labute approximate surface area is 130 Å². The molecular formula is C17H21N3O2. The van der Waals surface area contributed by atoms with E-state index in [1.54, 1.807) is 12.5 Å². The number of amides is 1. The molecule has 5 heteroatoms. The molecular weight excluding hydrogens is 278 g/mol. The molecule has 1 aliphatic carbocycles. The van der Waals surface area contributed by atoms with Gasteiger partial charge in [-0.3, -0.25) is 4.79 Å². The third-order valence-corrected chi connectivity index (χ3v) is 4.28. The smallest absolute Gasteiger partial charge is 0.251 e. The Bertz CT molecular complexity index is 607. The van der Waals surface area contributed by atoms with Crippen molar-refractivity contribution in [1.29, 1.82) is 0 Å². The lowest BCUT2D eigenvalue weighted by atomic mass is 10.1. The lowest BCUT2D eigenvalue weighted by molar-refractivity contribution is 0.0917. The number of rotatable bonds is 5. The van der Waals surface area contributed by atoms with Gasteiger partial charge in [0.1, 0.15) is 0 Å². The van der Waals surface area contributed by atoms with Gasteiger partial charge in [0.25, 0.3) is 5.91 Å². The summed E-state index contributed by atoms with van der Waals surface area (Å²) in [5, 5.41) is 12.7. The van der Waals surface area contributed by atoms with Gasteiger partial charge in [0.2, 0.25) is 0 Å². The summed E-state index contributed by atoms with van der Waals surface area (Å²) in [6, 6.07) is 7.60. The van der Waals surface area contributed by atoms with Crippen LogP contribution < -0.4 is 5.32 Å². The van der Waals surface area contributed by atoms with Crippen molar-refractivity contribution in [2.45, 2.75) is 31.9 Å². The molecule has 0 saturated heterocycles. The van der Waals surface area contributed by atoms with Gasteiger partial charge in [-0.1, -0.05) is 18.6 Å². The molecule has 2 N–H and O–H groups in total. The second-order valence-electron chi connectivity index (χ2n) is 5.90. The van der Waals surface area contributed by atoms with Crippen LogP contribution in [0, 0.1) is 5.92 Å². The fraction of sp³-hybridized carbons (Fsp3) is 0.412. The molecule has 0 bridgehead atoms. The first-order chi connectivity index (χ1) is 10.7. The van der Waals surface area contributed by atoms with Crippen molar-refractivity contribution in [2.75, 3.05) is 6.54 Å². The van der Waals surface area contributed by atoms with E-state index in [0.717, 1.165) is 31.4 Å². The van der Waals surface area contributed by atoms with E-state index < -0.39 is 0 Å². The number of carbonyl (C=O) groups is 1. The zero-order valence-electron chi connectivity index (χ0n) is 12.5. The number of aliphatic hydroxyl groups is 1. The Kier molecular flexibility index (Phi) is 4.53. The summed E-state index contributed by atoms with van der Waals surface area (Å²) in [6.45, 7) is 1.30. The third-order valence-electron chi connectivity index (χ3n) is 4.28. The van der Waals surface area contributed by atoms with Crippen LogP contribution in [0.3, 0.4) is 0 Å². The van der Waals surface area contributed by atoms with Crippen LogP contribution in [0.5, 0.6) is 0 Å². The number of hydrogen-bond donors (Lipinski definition) is 2. The first-order valence-corrected chi connectivity index (χ1v) is 7.73. The first-order valence-electron chi connectivity index (χ1n) is 7.73. The minimum atomic E-state index is -0.266. The van der Waals surface area contributed by atoms with Crippen molar-refractivity contribution in [3.05, 3.63) is 54.1 Å². The molecule has 2 unspecified atom stereocenters. The molecule has 22 heavy (non-hydrogen) atoms. The average molecular weight is 299 g/mol. The lowest BCUT2D eigenvalue weighted by Crippen LogP contribution is -2.32. The van der Waals surface area contributed by atoms with Crippen LogP contribution in [0.2, 0.25) is 0 Å². The van der Waals surface area contributed by atoms with Crippen LogP contribution in [0.4, 0.5) is 0 Å². The molecule has 1 fully saturated rings. The second-order valence-corrected chi connectivity index (χ2v) is 5.90. The van der Waals surface area contributed by atoms with E-state index in [4.69, 9.17) is 0 Å². The summed E-state index contributed by atoms with van der Waals surface area (Å²) in [6.07, 6.45) is 8.05. The van der Waals surface area contributed by atoms with Gasteiger partial charge in [0.05, 0.1) is 12.4 Å². The maximum Gasteiger partial charge on any atom is 0.251 e. The highest BCUT2D eigenvalue weighted by Crippen LogP contribution is 2.24. The Morgan fingerprint density at radius 3 is 2.77 bits per heavy atom. The molecule has 2 atom stereocenters. The molecule has 0 radical (unpaired) electrons. The number of aromatic nitrogens is 2. The molecule has 1 aliphatic rings. The fourth-order valence-corrected chi connectivity index (χ4v) is 2.93. The summed E-state index contributed by atoms with van der Waals surface area (Å²) in [5.74, 6) is 0.123. The molecule has 1 aromatic heterocycles. The van der Waals surface area contributed by atoms with E-state index in [-0.39, 0.29) is 17.9 Å². The van der Waals surface area contributed by atoms with Crippen molar-refractivity contribution in [1.82, 2.24) is 14.9 Å². The predicted octanol–water partition coefficient (Wildman–Crippen LogP) is 1.82. The number of imidazole rings is 1. The lowest BCUT2D eigenvalue weighted by Gasteiger charge is -2.15. The van der Waals surface area contributed by atoms with Crippen LogP contribution in [0.15, 0.2) is 43.0 Å². The Morgan fingerprint density at radius 1 is 1.32 bits per heavy atom. The molecule has 0 spiro atoms. The summed E-state index contributed by atoms with van der Waals surface area (Å²) in [5.41, 5.74) is 1.78. The minimum Gasteiger partial charge on any atom is -0.393 e. The second kappa shape index (κ2) is 6.75. The van der Waals surface area contributed by atoms with E-state index in [1.807, 2.05) is 35.0 Å². The van der Waals surface area contributed by atoms with E-state index in [0.29, 0.717) is 12.1 Å². The predicted molar refractivity (Wildman–Crippen MR) is 83.5 cm³/mol. The third kappa shape index (κ3) is 3.54. The Balaban J connectivity index is 1.54. The van der Waals surface area contributed by atoms with Gasteiger partial charge in [-0.05, 0) is 30.5 Å². The quantitative estimate of drug-likeness (QED) is 0.885. The summed E-state index contributed by atoms with van der Waals surface area (Å²) in [4.78, 5) is 16.1. The number of carbonyl (C=O) groups excluding carboxylic acids is 1. The standard InChI is InChI=1S/C17H21N3O2/c21-16-3-1-2-15(16)10-19-17(22)14-6-4-13(5-7-14)11-20-9-8-18-12-20/h4-9,12,15-16,21H,1-3,10-11H2,(H,19,22). The largest absolute Gasteiger partial charge is 0.393 e. The Morgan fingerprint density at radius 2 is 2.14 bits per heavy atom. The van der Waals surface area contributed by atoms with Crippen molar-refractivity contribution < 1.29 is 9.90 Å². The normalized spacial score (nSPS) is 21.0. The van der Waals surface area contributed by atoms with Gasteiger partial charge in [0.15, 0.2) is 0 Å².